The molecule has 0 spiro atoms. The maximum Gasteiger partial charge on any atom is 0.141 e. The van der Waals surface area contributed by atoms with E-state index in [0.717, 1.165) is 37.2 Å². The van der Waals surface area contributed by atoms with E-state index in [2.05, 4.69) is 61.5 Å². The van der Waals surface area contributed by atoms with Crippen LogP contribution in [0.2, 0.25) is 0 Å². The lowest BCUT2D eigenvalue weighted by Gasteiger charge is -2.29. The second kappa shape index (κ2) is 10.6. The van der Waals surface area contributed by atoms with E-state index in [1.807, 2.05) is 12.1 Å². The first kappa shape index (κ1) is 22.3. The van der Waals surface area contributed by atoms with Crippen molar-refractivity contribution >= 4 is 0 Å². The molecule has 1 aliphatic carbocycles. The van der Waals surface area contributed by atoms with Gasteiger partial charge in [0.05, 0.1) is 5.56 Å². The Labute approximate surface area is 191 Å². The van der Waals surface area contributed by atoms with Gasteiger partial charge in [-0.25, -0.2) is 4.39 Å². The van der Waals surface area contributed by atoms with Gasteiger partial charge in [-0.3, -0.25) is 0 Å². The Hall–Kier alpha value is -2.92. The van der Waals surface area contributed by atoms with Gasteiger partial charge in [-0.2, -0.15) is 5.26 Å². The van der Waals surface area contributed by atoms with E-state index < -0.39 is 0 Å². The molecule has 0 saturated heterocycles. The third kappa shape index (κ3) is 5.65. The molecule has 1 saturated carbocycles. The highest BCUT2D eigenvalue weighted by molar-refractivity contribution is 5.35. The Morgan fingerprint density at radius 3 is 2.25 bits per heavy atom. The van der Waals surface area contributed by atoms with Crippen molar-refractivity contribution in [3.05, 3.63) is 106 Å². The van der Waals surface area contributed by atoms with Crippen molar-refractivity contribution in [2.75, 3.05) is 0 Å². The van der Waals surface area contributed by atoms with Crippen LogP contribution in [-0.4, -0.2) is 0 Å². The van der Waals surface area contributed by atoms with Gasteiger partial charge >= 0.3 is 0 Å². The summed E-state index contributed by atoms with van der Waals surface area (Å²) >= 11 is 0. The van der Waals surface area contributed by atoms with Crippen LogP contribution in [0.5, 0.6) is 0 Å². The fraction of sp³-hybridized carbons (Fsp3) is 0.367. The van der Waals surface area contributed by atoms with Crippen LogP contribution in [0.25, 0.3) is 0 Å². The molecule has 1 atom stereocenters. The lowest BCUT2D eigenvalue weighted by molar-refractivity contribution is 0.310. The molecule has 3 aromatic carbocycles. The molecule has 1 fully saturated rings. The van der Waals surface area contributed by atoms with Crippen molar-refractivity contribution in [2.45, 2.75) is 63.7 Å². The Balaban J connectivity index is 1.23. The summed E-state index contributed by atoms with van der Waals surface area (Å²) in [6.45, 7) is 2.30. The zero-order chi connectivity index (χ0) is 22.3. The van der Waals surface area contributed by atoms with Gasteiger partial charge in [0.2, 0.25) is 0 Å². The van der Waals surface area contributed by atoms with E-state index in [4.69, 9.17) is 5.26 Å². The summed E-state index contributed by atoms with van der Waals surface area (Å²) in [6.07, 6.45) is 8.09. The van der Waals surface area contributed by atoms with E-state index >= 15 is 0 Å². The number of rotatable bonds is 7. The van der Waals surface area contributed by atoms with Gasteiger partial charge in [0.15, 0.2) is 0 Å². The fourth-order valence-corrected chi connectivity index (χ4v) is 5.13. The van der Waals surface area contributed by atoms with E-state index in [9.17, 15) is 4.39 Å². The molecular formula is C30H32FN. The number of benzene rings is 3. The first-order valence-electron chi connectivity index (χ1n) is 11.9. The summed E-state index contributed by atoms with van der Waals surface area (Å²) < 4.78 is 14.0. The predicted molar refractivity (Wildman–Crippen MR) is 129 cm³/mol. The minimum Gasteiger partial charge on any atom is -0.206 e. The number of hydrogen-bond acceptors (Lipinski definition) is 1. The summed E-state index contributed by atoms with van der Waals surface area (Å²) in [5.41, 5.74) is 5.43. The van der Waals surface area contributed by atoms with Crippen molar-refractivity contribution in [1.29, 1.82) is 5.26 Å². The highest BCUT2D eigenvalue weighted by Crippen LogP contribution is 2.38. The molecule has 164 valence electrons. The van der Waals surface area contributed by atoms with Crippen LogP contribution >= 0.6 is 0 Å². The van der Waals surface area contributed by atoms with Gasteiger partial charge in [0, 0.05) is 0 Å². The summed E-state index contributed by atoms with van der Waals surface area (Å²) in [5.74, 6) is 1.34. The molecular weight excluding hydrogens is 393 g/mol. The highest BCUT2D eigenvalue weighted by atomic mass is 19.1. The van der Waals surface area contributed by atoms with Crippen LogP contribution in [0, 0.1) is 23.1 Å². The standard InChI is InChI=1S/C30H32FN/c1-22(26-5-3-2-4-6-26)19-25-11-9-23(10-12-25)7-8-24-13-15-27(16-14-24)28-17-18-29(21-32)30(31)20-28/h2-6,9-12,17-18,20,22,24,27H,7-8,13-16,19H2,1H3/t22-,24?,27?/m1/s1. The van der Waals surface area contributed by atoms with Gasteiger partial charge in [0.25, 0.3) is 0 Å². The quantitative estimate of drug-likeness (QED) is 0.377. The van der Waals surface area contributed by atoms with Gasteiger partial charge in [0.1, 0.15) is 11.9 Å². The average molecular weight is 426 g/mol. The monoisotopic (exact) mass is 425 g/mol. The topological polar surface area (TPSA) is 23.8 Å². The Morgan fingerprint density at radius 1 is 0.906 bits per heavy atom. The van der Waals surface area contributed by atoms with Crippen LogP contribution in [0.4, 0.5) is 4.39 Å². The first-order valence-corrected chi connectivity index (χ1v) is 11.9. The van der Waals surface area contributed by atoms with Gasteiger partial charge in [-0.1, -0.05) is 67.6 Å². The molecule has 0 unspecified atom stereocenters. The maximum atomic E-state index is 14.0. The number of halogens is 1. The zero-order valence-electron chi connectivity index (χ0n) is 18.9. The molecule has 0 heterocycles. The van der Waals surface area contributed by atoms with Crippen molar-refractivity contribution < 1.29 is 4.39 Å². The summed E-state index contributed by atoms with van der Waals surface area (Å²) in [5, 5.41) is 8.92. The first-order chi connectivity index (χ1) is 15.6. The van der Waals surface area contributed by atoms with Crippen molar-refractivity contribution in [2.24, 2.45) is 5.92 Å². The largest absolute Gasteiger partial charge is 0.206 e. The van der Waals surface area contributed by atoms with E-state index in [0.29, 0.717) is 11.8 Å². The predicted octanol–water partition coefficient (Wildman–Crippen LogP) is 7.95. The number of nitrogens with zero attached hydrogens (tertiary/aromatic N) is 1. The maximum absolute atomic E-state index is 14.0. The molecule has 1 nitrogen and oxygen atoms in total. The summed E-state index contributed by atoms with van der Waals surface area (Å²) in [6, 6.07) is 27.0. The smallest absolute Gasteiger partial charge is 0.141 e. The average Bonchev–Trinajstić information content (AvgIpc) is 2.84. The van der Waals surface area contributed by atoms with Crippen molar-refractivity contribution in [3.63, 3.8) is 0 Å². The lowest BCUT2D eigenvalue weighted by atomic mass is 9.77. The second-order valence-corrected chi connectivity index (χ2v) is 9.44. The number of aryl methyl sites for hydroxylation is 1. The summed E-state index contributed by atoms with van der Waals surface area (Å²) in [7, 11) is 0. The van der Waals surface area contributed by atoms with Crippen molar-refractivity contribution in [3.8, 4) is 6.07 Å². The highest BCUT2D eigenvalue weighted by Gasteiger charge is 2.23. The molecule has 0 aliphatic heterocycles. The molecule has 3 aromatic rings. The lowest BCUT2D eigenvalue weighted by Crippen LogP contribution is -2.14. The molecule has 1 aliphatic rings. The number of nitriles is 1. The van der Waals surface area contributed by atoms with Crippen molar-refractivity contribution in [1.82, 2.24) is 0 Å². The minimum absolute atomic E-state index is 0.142. The van der Waals surface area contributed by atoms with E-state index in [-0.39, 0.29) is 11.4 Å². The fourth-order valence-electron chi connectivity index (χ4n) is 5.13. The Bertz CT molecular complexity index is 1040. The number of hydrogen-bond donors (Lipinski definition) is 0. The molecule has 0 bridgehead atoms. The molecule has 0 radical (unpaired) electrons. The van der Waals surface area contributed by atoms with Gasteiger partial charge in [-0.15, -0.1) is 0 Å². The molecule has 2 heteroatoms. The summed E-state index contributed by atoms with van der Waals surface area (Å²) in [4.78, 5) is 0. The molecule has 0 N–H and O–H groups in total. The normalized spacial score (nSPS) is 19.3. The molecule has 32 heavy (non-hydrogen) atoms. The zero-order valence-corrected chi connectivity index (χ0v) is 18.9. The minimum atomic E-state index is -0.381. The SMILES string of the molecule is C[C@H](Cc1ccc(CCC2CCC(c3ccc(C#N)c(F)c3)CC2)cc1)c1ccccc1. The van der Waals surface area contributed by atoms with Crippen LogP contribution in [0.3, 0.4) is 0 Å². The van der Waals surface area contributed by atoms with Gasteiger partial charge < -0.3 is 0 Å². The Morgan fingerprint density at radius 2 is 1.59 bits per heavy atom. The van der Waals surface area contributed by atoms with E-state index in [1.165, 1.54) is 36.0 Å². The molecule has 4 rings (SSSR count). The Kier molecular flexibility index (Phi) is 7.38. The molecule has 0 amide bonds. The van der Waals surface area contributed by atoms with Crippen LogP contribution in [-0.2, 0) is 12.8 Å². The molecule has 0 aromatic heterocycles. The van der Waals surface area contributed by atoms with Gasteiger partial charge in [-0.05, 0) is 97.1 Å². The van der Waals surface area contributed by atoms with E-state index in [1.54, 1.807) is 12.1 Å². The third-order valence-corrected chi connectivity index (χ3v) is 7.21. The van der Waals surface area contributed by atoms with Crippen LogP contribution < -0.4 is 0 Å². The van der Waals surface area contributed by atoms with Crippen LogP contribution in [0.15, 0.2) is 72.8 Å². The third-order valence-electron chi connectivity index (χ3n) is 7.21. The second-order valence-electron chi connectivity index (χ2n) is 9.44. The van der Waals surface area contributed by atoms with Crippen LogP contribution in [0.1, 0.15) is 78.7 Å².